The van der Waals surface area contributed by atoms with Crippen molar-refractivity contribution >= 4 is 17.5 Å². The number of rotatable bonds is 6. The first-order chi connectivity index (χ1) is 11.5. The molecule has 0 aliphatic rings. The molecular weight excluding hydrogens is 310 g/mol. The average molecular weight is 327 g/mol. The zero-order valence-corrected chi connectivity index (χ0v) is 13.6. The van der Waals surface area contributed by atoms with Gasteiger partial charge in [-0.3, -0.25) is 14.9 Å². The average Bonchev–Trinajstić information content (AvgIpc) is 2.58. The van der Waals surface area contributed by atoms with Gasteiger partial charge in [0, 0.05) is 6.07 Å². The van der Waals surface area contributed by atoms with Crippen LogP contribution in [0, 0.1) is 17.0 Å². The lowest BCUT2D eigenvalue weighted by Crippen LogP contribution is -2.03. The van der Waals surface area contributed by atoms with Crippen molar-refractivity contribution in [2.75, 3.05) is 14.2 Å². The minimum absolute atomic E-state index is 0.0654. The highest BCUT2D eigenvalue weighted by atomic mass is 16.6. The van der Waals surface area contributed by atoms with E-state index in [1.165, 1.54) is 32.4 Å². The summed E-state index contributed by atoms with van der Waals surface area (Å²) in [4.78, 5) is 23.1. The minimum Gasteiger partial charge on any atom is -0.496 e. The van der Waals surface area contributed by atoms with E-state index in [9.17, 15) is 14.9 Å². The zero-order valence-electron chi connectivity index (χ0n) is 13.6. The predicted molar refractivity (Wildman–Crippen MR) is 90.7 cm³/mol. The zero-order chi connectivity index (χ0) is 17.7. The smallest absolute Gasteiger partial charge is 0.276 e. The van der Waals surface area contributed by atoms with Crippen molar-refractivity contribution in [3.8, 4) is 11.5 Å². The van der Waals surface area contributed by atoms with Gasteiger partial charge in [0.1, 0.15) is 17.1 Å². The highest BCUT2D eigenvalue weighted by molar-refractivity contribution is 6.10. The van der Waals surface area contributed by atoms with E-state index < -0.39 is 4.92 Å². The number of benzene rings is 2. The Kier molecular flexibility index (Phi) is 5.31. The summed E-state index contributed by atoms with van der Waals surface area (Å²) in [6, 6.07) is 9.67. The number of carbonyl (C=O) groups is 1. The Morgan fingerprint density at radius 3 is 2.25 bits per heavy atom. The molecule has 6 heteroatoms. The topological polar surface area (TPSA) is 78.7 Å². The fraction of sp³-hybridized carbons (Fsp3) is 0.167. The molecule has 0 radical (unpaired) electrons. The van der Waals surface area contributed by atoms with Crippen LogP contribution < -0.4 is 9.47 Å². The van der Waals surface area contributed by atoms with Crippen LogP contribution in [0.3, 0.4) is 0 Å². The van der Waals surface area contributed by atoms with Gasteiger partial charge in [0.2, 0.25) is 0 Å². The lowest BCUT2D eigenvalue weighted by atomic mass is 10.0. The van der Waals surface area contributed by atoms with Crippen LogP contribution in [-0.4, -0.2) is 24.9 Å². The first-order valence-electron chi connectivity index (χ1n) is 7.16. The fourth-order valence-electron chi connectivity index (χ4n) is 2.33. The number of hydrogen-bond donors (Lipinski definition) is 0. The molecule has 2 aromatic rings. The van der Waals surface area contributed by atoms with Crippen LogP contribution in [0.4, 0.5) is 5.69 Å². The number of hydrogen-bond acceptors (Lipinski definition) is 5. The maximum Gasteiger partial charge on any atom is 0.276 e. The van der Waals surface area contributed by atoms with E-state index in [2.05, 4.69) is 0 Å². The second kappa shape index (κ2) is 7.41. The van der Waals surface area contributed by atoms with Crippen LogP contribution >= 0.6 is 0 Å². The molecular formula is C18H17NO5. The van der Waals surface area contributed by atoms with Crippen LogP contribution in [0.5, 0.6) is 11.5 Å². The molecule has 0 saturated carbocycles. The third kappa shape index (κ3) is 3.60. The molecule has 0 aliphatic heterocycles. The lowest BCUT2D eigenvalue weighted by Gasteiger charge is -2.12. The quantitative estimate of drug-likeness (QED) is 0.349. The van der Waals surface area contributed by atoms with Gasteiger partial charge in [-0.1, -0.05) is 12.1 Å². The summed E-state index contributed by atoms with van der Waals surface area (Å²) >= 11 is 0. The van der Waals surface area contributed by atoms with E-state index in [1.54, 1.807) is 30.3 Å². The number of nitrogens with zero attached hydrogens (tertiary/aromatic N) is 1. The number of carbonyl (C=O) groups excluding carboxylic acids is 1. The van der Waals surface area contributed by atoms with Crippen molar-refractivity contribution in [3.63, 3.8) is 0 Å². The molecule has 0 saturated heterocycles. The summed E-state index contributed by atoms with van der Waals surface area (Å²) in [6.45, 7) is 1.86. The number of para-hydroxylation sites is 1. The molecule has 24 heavy (non-hydrogen) atoms. The summed E-state index contributed by atoms with van der Waals surface area (Å²) < 4.78 is 10.5. The largest absolute Gasteiger partial charge is 0.496 e. The van der Waals surface area contributed by atoms with Crippen molar-refractivity contribution in [3.05, 3.63) is 69.3 Å². The highest BCUT2D eigenvalue weighted by Crippen LogP contribution is 2.31. The summed E-state index contributed by atoms with van der Waals surface area (Å²) in [5.41, 5.74) is 1.45. The number of methoxy groups -OCH3 is 2. The first kappa shape index (κ1) is 17.2. The van der Waals surface area contributed by atoms with Crippen molar-refractivity contribution in [2.24, 2.45) is 0 Å². The number of allylic oxidation sites excluding steroid dienone is 1. The monoisotopic (exact) mass is 327 g/mol. The van der Waals surface area contributed by atoms with Crippen molar-refractivity contribution in [1.82, 2.24) is 0 Å². The molecule has 0 bridgehead atoms. The normalized spacial score (nSPS) is 10.6. The van der Waals surface area contributed by atoms with E-state index in [-0.39, 0.29) is 17.0 Å². The standard InChI is InChI=1S/C18H17NO5/c1-12-10-16(23-2)18(17(11-12)24-3)15(20)9-8-13-6-4-5-7-14(13)19(21)22/h4-11H,1-3H3/b9-8+. The van der Waals surface area contributed by atoms with Crippen LogP contribution in [0.15, 0.2) is 42.5 Å². The Labute approximate surface area is 139 Å². The van der Waals surface area contributed by atoms with Crippen molar-refractivity contribution in [1.29, 1.82) is 0 Å². The van der Waals surface area contributed by atoms with Gasteiger partial charge in [-0.25, -0.2) is 0 Å². The van der Waals surface area contributed by atoms with Gasteiger partial charge < -0.3 is 9.47 Å². The second-order valence-electron chi connectivity index (χ2n) is 5.06. The molecule has 0 atom stereocenters. The van der Waals surface area contributed by atoms with Crippen molar-refractivity contribution < 1.29 is 19.2 Å². The van der Waals surface area contributed by atoms with E-state index in [0.29, 0.717) is 17.1 Å². The number of ketones is 1. The molecule has 2 rings (SSSR count). The number of nitro benzene ring substituents is 1. The third-order valence-electron chi connectivity index (χ3n) is 3.44. The SMILES string of the molecule is COc1cc(C)cc(OC)c1C(=O)/C=C/c1ccccc1[N+](=O)[O-]. The van der Waals surface area contributed by atoms with Crippen LogP contribution in [0.2, 0.25) is 0 Å². The highest BCUT2D eigenvalue weighted by Gasteiger charge is 2.18. The van der Waals surface area contributed by atoms with Gasteiger partial charge in [-0.15, -0.1) is 0 Å². The van der Waals surface area contributed by atoms with Gasteiger partial charge in [0.15, 0.2) is 5.78 Å². The molecule has 0 aliphatic carbocycles. The van der Waals surface area contributed by atoms with Gasteiger partial charge in [0.05, 0.1) is 24.7 Å². The molecule has 0 fully saturated rings. The van der Waals surface area contributed by atoms with Gasteiger partial charge in [0.25, 0.3) is 5.69 Å². The Bertz CT molecular complexity index is 786. The van der Waals surface area contributed by atoms with Gasteiger partial charge in [-0.05, 0) is 42.8 Å². The molecule has 6 nitrogen and oxygen atoms in total. The van der Waals surface area contributed by atoms with Crippen LogP contribution in [0.1, 0.15) is 21.5 Å². The summed E-state index contributed by atoms with van der Waals surface area (Å²) in [5, 5.41) is 11.0. The van der Waals surface area contributed by atoms with E-state index in [1.807, 2.05) is 6.92 Å². The Morgan fingerprint density at radius 1 is 1.12 bits per heavy atom. The molecule has 0 amide bonds. The van der Waals surface area contributed by atoms with Crippen LogP contribution in [-0.2, 0) is 0 Å². The summed E-state index contributed by atoms with van der Waals surface area (Å²) in [5.74, 6) is 0.426. The van der Waals surface area contributed by atoms with Crippen molar-refractivity contribution in [2.45, 2.75) is 6.92 Å². The number of aryl methyl sites for hydroxylation is 1. The van der Waals surface area contributed by atoms with Gasteiger partial charge in [-0.2, -0.15) is 0 Å². The second-order valence-corrected chi connectivity index (χ2v) is 5.06. The number of ether oxygens (including phenoxy) is 2. The first-order valence-corrected chi connectivity index (χ1v) is 7.16. The Balaban J connectivity index is 2.43. The molecule has 2 aromatic carbocycles. The molecule has 0 unspecified atom stereocenters. The summed E-state index contributed by atoms with van der Waals surface area (Å²) in [7, 11) is 2.94. The fourth-order valence-corrected chi connectivity index (χ4v) is 2.33. The molecule has 0 aromatic heterocycles. The Hall–Kier alpha value is -3.15. The third-order valence-corrected chi connectivity index (χ3v) is 3.44. The summed E-state index contributed by atoms with van der Waals surface area (Å²) in [6.07, 6.45) is 2.69. The molecule has 0 heterocycles. The van der Waals surface area contributed by atoms with E-state index >= 15 is 0 Å². The maximum absolute atomic E-state index is 12.6. The van der Waals surface area contributed by atoms with E-state index in [4.69, 9.17) is 9.47 Å². The van der Waals surface area contributed by atoms with Gasteiger partial charge >= 0.3 is 0 Å². The van der Waals surface area contributed by atoms with Crippen LogP contribution in [0.25, 0.3) is 6.08 Å². The molecule has 0 N–H and O–H groups in total. The predicted octanol–water partition coefficient (Wildman–Crippen LogP) is 3.82. The minimum atomic E-state index is -0.489. The molecule has 0 spiro atoms. The molecule has 124 valence electrons. The Morgan fingerprint density at radius 2 is 1.71 bits per heavy atom. The number of nitro groups is 1. The van der Waals surface area contributed by atoms with E-state index in [0.717, 1.165) is 5.56 Å². The lowest BCUT2D eigenvalue weighted by molar-refractivity contribution is -0.385. The maximum atomic E-state index is 12.6.